The van der Waals surface area contributed by atoms with Crippen molar-refractivity contribution < 1.29 is 4.79 Å². The molecule has 1 amide bonds. The molecule has 3 nitrogen and oxygen atoms in total. The molecule has 0 aliphatic heterocycles. The smallest absolute Gasteiger partial charge is 0.221 e. The number of fused-ring (bicyclic) bond motifs is 1. The zero-order valence-electron chi connectivity index (χ0n) is 11.2. The second-order valence-corrected chi connectivity index (χ2v) is 5.02. The van der Waals surface area contributed by atoms with Crippen molar-refractivity contribution in [3.05, 3.63) is 29.3 Å². The molecule has 0 saturated heterocycles. The zero-order valence-corrected chi connectivity index (χ0v) is 12.0. The number of amides is 1. The molecule has 1 aromatic rings. The molecule has 4 heteroatoms. The Morgan fingerprint density at radius 1 is 1.33 bits per heavy atom. The van der Waals surface area contributed by atoms with Gasteiger partial charge in [-0.05, 0) is 56.6 Å². The summed E-state index contributed by atoms with van der Waals surface area (Å²) >= 11 is 0. The third-order valence-electron chi connectivity index (χ3n) is 3.46. The van der Waals surface area contributed by atoms with E-state index in [9.17, 15) is 4.79 Å². The van der Waals surface area contributed by atoms with Crippen molar-refractivity contribution in [1.29, 1.82) is 0 Å². The van der Waals surface area contributed by atoms with E-state index in [1.54, 1.807) is 6.92 Å². The van der Waals surface area contributed by atoms with Crippen LogP contribution in [0.2, 0.25) is 0 Å². The lowest BCUT2D eigenvalue weighted by atomic mass is 9.87. The number of nitrogens with zero attached hydrogens (tertiary/aromatic N) is 1. The number of likely N-dealkylation sites (N-methyl/N-ethyl adjacent to an activating group) is 1. The highest BCUT2D eigenvalue weighted by Crippen LogP contribution is 2.26. The molecule has 1 aromatic carbocycles. The van der Waals surface area contributed by atoms with Crippen LogP contribution in [0.3, 0.4) is 0 Å². The largest absolute Gasteiger partial charge is 0.326 e. The minimum Gasteiger partial charge on any atom is -0.326 e. The summed E-state index contributed by atoms with van der Waals surface area (Å²) in [4.78, 5) is 13.3. The van der Waals surface area contributed by atoms with Crippen molar-refractivity contribution in [3.63, 3.8) is 0 Å². The van der Waals surface area contributed by atoms with Crippen molar-refractivity contribution in [1.82, 2.24) is 4.90 Å². The Morgan fingerprint density at radius 2 is 2.06 bits per heavy atom. The van der Waals surface area contributed by atoms with Crippen LogP contribution < -0.4 is 5.32 Å². The highest BCUT2D eigenvalue weighted by atomic mass is 35.5. The van der Waals surface area contributed by atoms with Crippen molar-refractivity contribution in [2.45, 2.75) is 32.2 Å². The molecule has 1 aliphatic carbocycles. The van der Waals surface area contributed by atoms with Crippen LogP contribution in [-0.2, 0) is 17.6 Å². The van der Waals surface area contributed by atoms with Crippen molar-refractivity contribution in [2.75, 3.05) is 19.4 Å². The van der Waals surface area contributed by atoms with E-state index in [0.717, 1.165) is 18.5 Å². The van der Waals surface area contributed by atoms with Gasteiger partial charge in [-0.1, -0.05) is 6.07 Å². The standard InChI is InChI=1S/C14H20N2O.ClH/c1-10(17)15-13-6-4-11-5-7-14(16(2)3)9-12(11)8-13;/h4,6,8,14H,5,7,9H2,1-3H3,(H,15,17);1H. The van der Waals surface area contributed by atoms with Crippen LogP contribution in [0, 0.1) is 0 Å². The van der Waals surface area contributed by atoms with Crippen LogP contribution in [0.25, 0.3) is 0 Å². The first kappa shape index (κ1) is 15.0. The maximum absolute atomic E-state index is 11.0. The zero-order chi connectivity index (χ0) is 12.4. The van der Waals surface area contributed by atoms with Gasteiger partial charge in [-0.25, -0.2) is 0 Å². The van der Waals surface area contributed by atoms with Crippen molar-refractivity contribution in [3.8, 4) is 0 Å². The summed E-state index contributed by atoms with van der Waals surface area (Å²) in [5.41, 5.74) is 3.72. The fourth-order valence-electron chi connectivity index (χ4n) is 2.46. The summed E-state index contributed by atoms with van der Waals surface area (Å²) in [7, 11) is 4.26. The van der Waals surface area contributed by atoms with Gasteiger partial charge in [0.25, 0.3) is 0 Å². The lowest BCUT2D eigenvalue weighted by molar-refractivity contribution is -0.114. The summed E-state index contributed by atoms with van der Waals surface area (Å²) in [5.74, 6) is -0.00933. The molecule has 0 bridgehead atoms. The number of hydrogen-bond donors (Lipinski definition) is 1. The molecular formula is C14H21ClN2O. The van der Waals surface area contributed by atoms with Gasteiger partial charge in [-0.15, -0.1) is 12.4 Å². The van der Waals surface area contributed by atoms with Gasteiger partial charge in [-0.2, -0.15) is 0 Å². The van der Waals surface area contributed by atoms with E-state index in [4.69, 9.17) is 0 Å². The summed E-state index contributed by atoms with van der Waals surface area (Å²) < 4.78 is 0. The quantitative estimate of drug-likeness (QED) is 0.894. The first-order chi connectivity index (χ1) is 8.06. The fourth-order valence-corrected chi connectivity index (χ4v) is 2.46. The van der Waals surface area contributed by atoms with E-state index in [1.165, 1.54) is 17.5 Å². The highest BCUT2D eigenvalue weighted by molar-refractivity contribution is 5.88. The molecule has 1 atom stereocenters. The van der Waals surface area contributed by atoms with Gasteiger partial charge in [0, 0.05) is 18.7 Å². The summed E-state index contributed by atoms with van der Waals surface area (Å²) in [6, 6.07) is 6.88. The van der Waals surface area contributed by atoms with Crippen molar-refractivity contribution >= 4 is 24.0 Å². The van der Waals surface area contributed by atoms with Crippen LogP contribution in [0.5, 0.6) is 0 Å². The van der Waals surface area contributed by atoms with Crippen LogP contribution in [0.1, 0.15) is 24.5 Å². The average Bonchev–Trinajstić information content (AvgIpc) is 2.27. The minimum absolute atomic E-state index is 0. The van der Waals surface area contributed by atoms with Gasteiger partial charge in [0.15, 0.2) is 0 Å². The van der Waals surface area contributed by atoms with Gasteiger partial charge < -0.3 is 10.2 Å². The number of aryl methyl sites for hydroxylation is 1. The Labute approximate surface area is 115 Å². The van der Waals surface area contributed by atoms with E-state index in [-0.39, 0.29) is 18.3 Å². The number of hydrogen-bond acceptors (Lipinski definition) is 2. The van der Waals surface area contributed by atoms with Gasteiger partial charge in [0.1, 0.15) is 0 Å². The van der Waals surface area contributed by atoms with Gasteiger partial charge in [0.05, 0.1) is 0 Å². The second kappa shape index (κ2) is 6.21. The Hall–Kier alpha value is -1.06. The number of nitrogens with one attached hydrogen (secondary N) is 1. The fraction of sp³-hybridized carbons (Fsp3) is 0.500. The molecule has 100 valence electrons. The van der Waals surface area contributed by atoms with E-state index < -0.39 is 0 Å². The lowest BCUT2D eigenvalue weighted by Gasteiger charge is -2.30. The topological polar surface area (TPSA) is 32.3 Å². The van der Waals surface area contributed by atoms with E-state index in [2.05, 4.69) is 36.4 Å². The van der Waals surface area contributed by atoms with Gasteiger partial charge in [0.2, 0.25) is 5.91 Å². The third-order valence-corrected chi connectivity index (χ3v) is 3.46. The maximum atomic E-state index is 11.0. The maximum Gasteiger partial charge on any atom is 0.221 e. The Bertz CT molecular complexity index is 432. The molecule has 0 saturated carbocycles. The minimum atomic E-state index is -0.00933. The molecule has 0 spiro atoms. The Balaban J connectivity index is 0.00000162. The molecule has 0 aromatic heterocycles. The molecule has 0 fully saturated rings. The number of carbonyl (C=O) groups is 1. The normalized spacial score (nSPS) is 17.9. The monoisotopic (exact) mass is 268 g/mol. The second-order valence-electron chi connectivity index (χ2n) is 5.02. The SMILES string of the molecule is CC(=O)Nc1ccc2c(c1)CC(N(C)C)CC2.Cl. The van der Waals surface area contributed by atoms with Crippen molar-refractivity contribution in [2.24, 2.45) is 0 Å². The Morgan fingerprint density at radius 3 is 2.67 bits per heavy atom. The molecule has 0 radical (unpaired) electrons. The Kier molecular flexibility index (Phi) is 5.17. The molecular weight excluding hydrogens is 248 g/mol. The summed E-state index contributed by atoms with van der Waals surface area (Å²) in [6.07, 6.45) is 3.44. The number of carbonyl (C=O) groups excluding carboxylic acids is 1. The molecule has 0 heterocycles. The molecule has 2 rings (SSSR count). The van der Waals surface area contributed by atoms with Crippen LogP contribution in [-0.4, -0.2) is 30.9 Å². The first-order valence-corrected chi connectivity index (χ1v) is 6.12. The average molecular weight is 269 g/mol. The van der Waals surface area contributed by atoms with Gasteiger partial charge >= 0.3 is 0 Å². The predicted octanol–water partition coefficient (Wildman–Crippen LogP) is 2.49. The molecule has 1 aliphatic rings. The van der Waals surface area contributed by atoms with E-state index in [1.807, 2.05) is 6.07 Å². The third kappa shape index (κ3) is 3.47. The highest BCUT2D eigenvalue weighted by Gasteiger charge is 2.20. The van der Waals surface area contributed by atoms with E-state index >= 15 is 0 Å². The first-order valence-electron chi connectivity index (χ1n) is 6.12. The van der Waals surface area contributed by atoms with Crippen LogP contribution in [0.15, 0.2) is 18.2 Å². The number of halogens is 1. The summed E-state index contributed by atoms with van der Waals surface area (Å²) in [5, 5.41) is 2.85. The van der Waals surface area contributed by atoms with Crippen LogP contribution >= 0.6 is 12.4 Å². The van der Waals surface area contributed by atoms with E-state index in [0.29, 0.717) is 6.04 Å². The number of anilines is 1. The molecule has 1 unspecified atom stereocenters. The molecule has 1 N–H and O–H groups in total. The summed E-state index contributed by atoms with van der Waals surface area (Å²) in [6.45, 7) is 1.54. The lowest BCUT2D eigenvalue weighted by Crippen LogP contribution is -2.33. The number of benzene rings is 1. The predicted molar refractivity (Wildman–Crippen MR) is 77.5 cm³/mol. The molecule has 18 heavy (non-hydrogen) atoms. The van der Waals surface area contributed by atoms with Crippen LogP contribution in [0.4, 0.5) is 5.69 Å². The van der Waals surface area contributed by atoms with Gasteiger partial charge in [-0.3, -0.25) is 4.79 Å². The number of rotatable bonds is 2.